The summed E-state index contributed by atoms with van der Waals surface area (Å²) in [5, 5.41) is 0. The lowest BCUT2D eigenvalue weighted by atomic mass is 9.36. The van der Waals surface area contributed by atoms with Crippen molar-refractivity contribution in [3.8, 4) is 0 Å². The Morgan fingerprint density at radius 1 is 0.833 bits per heavy atom. The molecule has 0 aliphatic heterocycles. The first-order chi connectivity index (χ1) is 14.0. The third-order valence-electron chi connectivity index (χ3n) is 11.6. The summed E-state index contributed by atoms with van der Waals surface area (Å²) >= 11 is 0. The fourth-order valence-electron chi connectivity index (χ4n) is 9.87. The smallest absolute Gasteiger partial charge is 0.0141 e. The van der Waals surface area contributed by atoms with Crippen LogP contribution in [0.2, 0.25) is 0 Å². The molecule has 0 aromatic heterocycles. The Morgan fingerprint density at radius 3 is 2.27 bits per heavy atom. The minimum atomic E-state index is 0.526. The summed E-state index contributed by atoms with van der Waals surface area (Å²) in [6, 6.07) is 0. The van der Waals surface area contributed by atoms with Crippen LogP contribution in [0.3, 0.4) is 0 Å². The highest BCUT2D eigenvalue weighted by molar-refractivity contribution is 5.29. The van der Waals surface area contributed by atoms with E-state index in [1.807, 2.05) is 5.57 Å². The van der Waals surface area contributed by atoms with Crippen LogP contribution >= 0.6 is 0 Å². The summed E-state index contributed by atoms with van der Waals surface area (Å²) < 4.78 is 0. The van der Waals surface area contributed by atoms with Gasteiger partial charge in [0.1, 0.15) is 0 Å². The molecule has 0 saturated heterocycles. The van der Waals surface area contributed by atoms with E-state index in [9.17, 15) is 0 Å². The van der Waals surface area contributed by atoms with Gasteiger partial charge in [0.05, 0.1) is 0 Å². The molecule has 0 unspecified atom stereocenters. The molecule has 4 aliphatic carbocycles. The molecule has 6 atom stereocenters. The monoisotopic (exact) mass is 410 g/mol. The van der Waals surface area contributed by atoms with Gasteiger partial charge in [0, 0.05) is 0 Å². The van der Waals surface area contributed by atoms with E-state index < -0.39 is 0 Å². The Kier molecular flexibility index (Phi) is 5.68. The maximum Gasteiger partial charge on any atom is -0.0141 e. The van der Waals surface area contributed by atoms with Crippen LogP contribution in [0.5, 0.6) is 0 Å². The van der Waals surface area contributed by atoms with Gasteiger partial charge in [-0.1, -0.05) is 63.8 Å². The van der Waals surface area contributed by atoms with Gasteiger partial charge in [-0.2, -0.15) is 0 Å². The molecule has 0 heterocycles. The van der Waals surface area contributed by atoms with Crippen LogP contribution < -0.4 is 0 Å². The summed E-state index contributed by atoms with van der Waals surface area (Å²) in [7, 11) is 0. The number of hydrogen-bond acceptors (Lipinski definition) is 0. The molecule has 0 aromatic rings. The summed E-state index contributed by atoms with van der Waals surface area (Å²) in [4.78, 5) is 0. The molecule has 4 rings (SSSR count). The van der Waals surface area contributed by atoms with Crippen molar-refractivity contribution >= 4 is 0 Å². The van der Waals surface area contributed by atoms with Gasteiger partial charge in [0.15, 0.2) is 0 Å². The summed E-state index contributed by atoms with van der Waals surface area (Å²) in [6.45, 7) is 20.4. The lowest BCUT2D eigenvalue weighted by Crippen LogP contribution is -2.61. The van der Waals surface area contributed by atoms with Crippen LogP contribution in [-0.4, -0.2) is 0 Å². The standard InChI is InChI=1S/C30H50/c1-21(2)11-9-12-22(3)23-15-19-29(7)24(23)13-14-26-28(6)18-10-17-27(4,5)25(28)16-20-30(26,29)8/h11,24-26H,9-10,12-20H2,1-8H3/b23-22-/t24-,25+,26-,28+,29-,30-/m1/s1. The van der Waals surface area contributed by atoms with Gasteiger partial charge < -0.3 is 0 Å². The predicted octanol–water partition coefficient (Wildman–Crippen LogP) is 9.51. The van der Waals surface area contributed by atoms with Crippen LogP contribution in [0.25, 0.3) is 0 Å². The van der Waals surface area contributed by atoms with Crippen LogP contribution in [0.15, 0.2) is 22.8 Å². The third-order valence-corrected chi connectivity index (χ3v) is 11.6. The van der Waals surface area contributed by atoms with E-state index in [1.54, 1.807) is 5.57 Å². The molecule has 0 radical (unpaired) electrons. The Bertz CT molecular complexity index is 731. The van der Waals surface area contributed by atoms with Crippen molar-refractivity contribution in [3.05, 3.63) is 22.8 Å². The zero-order valence-corrected chi connectivity index (χ0v) is 21.6. The fourth-order valence-corrected chi connectivity index (χ4v) is 9.87. The number of fused-ring (bicyclic) bond motifs is 5. The Labute approximate surface area is 188 Å². The third kappa shape index (κ3) is 3.21. The number of rotatable bonds is 3. The van der Waals surface area contributed by atoms with Crippen molar-refractivity contribution < 1.29 is 0 Å². The van der Waals surface area contributed by atoms with Crippen LogP contribution in [0, 0.1) is 39.4 Å². The van der Waals surface area contributed by atoms with Gasteiger partial charge in [-0.25, -0.2) is 0 Å². The van der Waals surface area contributed by atoms with Gasteiger partial charge in [0.25, 0.3) is 0 Å². The average Bonchev–Trinajstić information content (AvgIpc) is 2.99. The second-order valence-electron chi connectivity index (χ2n) is 13.6. The molecule has 0 aromatic carbocycles. The van der Waals surface area contributed by atoms with E-state index in [4.69, 9.17) is 0 Å². The van der Waals surface area contributed by atoms with Crippen molar-refractivity contribution in [1.29, 1.82) is 0 Å². The second kappa shape index (κ2) is 7.52. The first kappa shape index (κ1) is 22.7. The van der Waals surface area contributed by atoms with Gasteiger partial charge in [-0.15, -0.1) is 0 Å². The SMILES string of the molecule is CC(C)=CCC/C(C)=C1/CC[C@]2(C)[C@@H]1CC[C@@H]1[C@@]3(C)CCCC(C)(C)[C@@H]3CC[C@]12C. The zero-order valence-electron chi connectivity index (χ0n) is 21.6. The first-order valence-corrected chi connectivity index (χ1v) is 13.3. The van der Waals surface area contributed by atoms with Crippen molar-refractivity contribution in [3.63, 3.8) is 0 Å². The Hall–Kier alpha value is -0.520. The van der Waals surface area contributed by atoms with E-state index >= 15 is 0 Å². The van der Waals surface area contributed by atoms with Crippen LogP contribution in [0.1, 0.15) is 126 Å². The lowest BCUT2D eigenvalue weighted by molar-refractivity contribution is -0.197. The fraction of sp³-hybridized carbons (Fsp3) is 0.867. The molecule has 0 amide bonds. The molecule has 0 nitrogen and oxygen atoms in total. The molecular weight excluding hydrogens is 360 g/mol. The molecule has 0 spiro atoms. The summed E-state index contributed by atoms with van der Waals surface area (Å²) in [6.07, 6.45) is 18.1. The quantitative estimate of drug-likeness (QED) is 0.406. The van der Waals surface area contributed by atoms with E-state index in [1.165, 1.54) is 76.2 Å². The first-order valence-electron chi connectivity index (χ1n) is 13.3. The van der Waals surface area contributed by atoms with E-state index in [0.29, 0.717) is 21.7 Å². The van der Waals surface area contributed by atoms with Crippen molar-refractivity contribution in [2.24, 2.45) is 39.4 Å². The second-order valence-corrected chi connectivity index (χ2v) is 13.6. The summed E-state index contributed by atoms with van der Waals surface area (Å²) in [5.74, 6) is 2.75. The van der Waals surface area contributed by atoms with Crippen LogP contribution in [0.4, 0.5) is 0 Å². The molecular formula is C30H50. The molecule has 0 N–H and O–H groups in total. The number of hydrogen-bond donors (Lipinski definition) is 0. The zero-order chi connectivity index (χ0) is 21.9. The Morgan fingerprint density at radius 2 is 1.57 bits per heavy atom. The highest BCUT2D eigenvalue weighted by Crippen LogP contribution is 2.75. The topological polar surface area (TPSA) is 0 Å². The van der Waals surface area contributed by atoms with E-state index in [2.05, 4.69) is 61.5 Å². The molecule has 0 heteroatoms. The minimum absolute atomic E-state index is 0.526. The predicted molar refractivity (Wildman–Crippen MR) is 131 cm³/mol. The van der Waals surface area contributed by atoms with Gasteiger partial charge >= 0.3 is 0 Å². The molecule has 4 aliphatic rings. The molecule has 170 valence electrons. The molecule has 4 saturated carbocycles. The molecule has 30 heavy (non-hydrogen) atoms. The molecule has 4 fully saturated rings. The van der Waals surface area contributed by atoms with Crippen molar-refractivity contribution in [2.75, 3.05) is 0 Å². The van der Waals surface area contributed by atoms with E-state index in [-0.39, 0.29) is 0 Å². The summed E-state index contributed by atoms with van der Waals surface area (Å²) in [5.41, 5.74) is 7.28. The van der Waals surface area contributed by atoms with Crippen LogP contribution in [-0.2, 0) is 0 Å². The molecule has 0 bridgehead atoms. The Balaban J connectivity index is 1.64. The van der Waals surface area contributed by atoms with E-state index in [0.717, 1.165) is 17.8 Å². The normalized spacial score (nSPS) is 46.5. The van der Waals surface area contributed by atoms with Crippen molar-refractivity contribution in [1.82, 2.24) is 0 Å². The van der Waals surface area contributed by atoms with Crippen molar-refractivity contribution in [2.45, 2.75) is 126 Å². The highest BCUT2D eigenvalue weighted by atomic mass is 14.7. The maximum absolute atomic E-state index is 2.76. The van der Waals surface area contributed by atoms with Gasteiger partial charge in [-0.05, 0) is 124 Å². The minimum Gasteiger partial charge on any atom is -0.0856 e. The van der Waals surface area contributed by atoms with Gasteiger partial charge in [-0.3, -0.25) is 0 Å². The average molecular weight is 411 g/mol. The maximum atomic E-state index is 2.76. The van der Waals surface area contributed by atoms with Gasteiger partial charge in [0.2, 0.25) is 0 Å². The highest BCUT2D eigenvalue weighted by Gasteiger charge is 2.66. The largest absolute Gasteiger partial charge is 0.0856 e. The number of allylic oxidation sites excluding steroid dienone is 4. The lowest BCUT2D eigenvalue weighted by Gasteiger charge is -2.69.